The molecule has 4 aromatic rings. The standard InChI is InChI=1S/C21H15ClN2O3S/c1-26-19-10-15-14-4-2-3-5-17(14)27-18(15)11-16(19)23-21(28)24-20(25)12-6-8-13(22)9-7-12/h2-11H,1H3,(H2,23,24,25,28). The van der Waals surface area contributed by atoms with Crippen molar-refractivity contribution in [2.45, 2.75) is 0 Å². The number of furan rings is 1. The van der Waals surface area contributed by atoms with Gasteiger partial charge in [0.2, 0.25) is 0 Å². The third-order valence-electron chi connectivity index (χ3n) is 4.28. The van der Waals surface area contributed by atoms with Crippen LogP contribution in [0.4, 0.5) is 5.69 Å². The predicted octanol–water partition coefficient (Wildman–Crippen LogP) is 5.37. The van der Waals surface area contributed by atoms with Crippen LogP contribution < -0.4 is 15.4 Å². The van der Waals surface area contributed by atoms with Crippen molar-refractivity contribution in [3.8, 4) is 5.75 Å². The number of nitrogens with one attached hydrogen (secondary N) is 2. The van der Waals surface area contributed by atoms with E-state index in [2.05, 4.69) is 10.6 Å². The van der Waals surface area contributed by atoms with Crippen LogP contribution in [-0.2, 0) is 0 Å². The lowest BCUT2D eigenvalue weighted by Crippen LogP contribution is -2.34. The third kappa shape index (κ3) is 3.52. The van der Waals surface area contributed by atoms with Crippen LogP contribution in [0.2, 0.25) is 5.02 Å². The second-order valence-corrected chi connectivity index (χ2v) is 6.91. The minimum Gasteiger partial charge on any atom is -0.495 e. The largest absolute Gasteiger partial charge is 0.495 e. The summed E-state index contributed by atoms with van der Waals surface area (Å²) < 4.78 is 11.4. The predicted molar refractivity (Wildman–Crippen MR) is 115 cm³/mol. The maximum atomic E-state index is 12.3. The molecule has 28 heavy (non-hydrogen) atoms. The Hall–Kier alpha value is -3.09. The summed E-state index contributed by atoms with van der Waals surface area (Å²) in [5.74, 6) is 0.250. The zero-order valence-corrected chi connectivity index (χ0v) is 16.4. The first kappa shape index (κ1) is 18.3. The molecule has 1 amide bonds. The molecule has 1 aromatic heterocycles. The second-order valence-electron chi connectivity index (χ2n) is 6.06. The molecule has 7 heteroatoms. The van der Waals surface area contributed by atoms with E-state index in [4.69, 9.17) is 33.0 Å². The van der Waals surface area contributed by atoms with Gasteiger partial charge in [-0.05, 0) is 48.6 Å². The molecular formula is C21H15ClN2O3S. The average molecular weight is 411 g/mol. The van der Waals surface area contributed by atoms with Crippen LogP contribution in [0.15, 0.2) is 65.1 Å². The molecule has 4 rings (SSSR count). The Labute approximate surface area is 171 Å². The monoisotopic (exact) mass is 410 g/mol. The lowest BCUT2D eigenvalue weighted by atomic mass is 10.1. The molecule has 0 aliphatic rings. The van der Waals surface area contributed by atoms with E-state index in [9.17, 15) is 4.79 Å². The van der Waals surface area contributed by atoms with E-state index in [1.165, 1.54) is 0 Å². The maximum Gasteiger partial charge on any atom is 0.257 e. The van der Waals surface area contributed by atoms with Gasteiger partial charge in [-0.1, -0.05) is 29.8 Å². The Morgan fingerprint density at radius 3 is 2.54 bits per heavy atom. The van der Waals surface area contributed by atoms with E-state index >= 15 is 0 Å². The summed E-state index contributed by atoms with van der Waals surface area (Å²) in [5, 5.41) is 8.28. The van der Waals surface area contributed by atoms with Gasteiger partial charge >= 0.3 is 0 Å². The van der Waals surface area contributed by atoms with E-state index in [-0.39, 0.29) is 11.0 Å². The van der Waals surface area contributed by atoms with Crippen LogP contribution in [0.3, 0.4) is 0 Å². The number of fused-ring (bicyclic) bond motifs is 3. The van der Waals surface area contributed by atoms with Gasteiger partial charge < -0.3 is 14.5 Å². The fraction of sp³-hybridized carbons (Fsp3) is 0.0476. The number of ether oxygens (including phenoxy) is 1. The zero-order chi connectivity index (χ0) is 19.7. The Morgan fingerprint density at radius 2 is 1.79 bits per heavy atom. The van der Waals surface area contributed by atoms with E-state index in [1.54, 1.807) is 37.4 Å². The number of rotatable bonds is 3. The highest BCUT2D eigenvalue weighted by molar-refractivity contribution is 7.80. The molecule has 0 atom stereocenters. The zero-order valence-electron chi connectivity index (χ0n) is 14.8. The highest BCUT2D eigenvalue weighted by atomic mass is 35.5. The van der Waals surface area contributed by atoms with E-state index in [1.807, 2.05) is 30.3 Å². The molecule has 0 saturated heterocycles. The quantitative estimate of drug-likeness (QED) is 0.444. The first-order valence-electron chi connectivity index (χ1n) is 8.42. The molecule has 5 nitrogen and oxygen atoms in total. The van der Waals surface area contributed by atoms with Crippen LogP contribution in [-0.4, -0.2) is 18.1 Å². The normalized spacial score (nSPS) is 10.8. The highest BCUT2D eigenvalue weighted by Gasteiger charge is 2.14. The van der Waals surface area contributed by atoms with Crippen molar-refractivity contribution >= 4 is 62.5 Å². The first-order valence-corrected chi connectivity index (χ1v) is 9.21. The van der Waals surface area contributed by atoms with Crippen LogP contribution in [0.25, 0.3) is 21.9 Å². The van der Waals surface area contributed by atoms with Crippen LogP contribution in [0, 0.1) is 0 Å². The van der Waals surface area contributed by atoms with Gasteiger partial charge in [-0.25, -0.2) is 0 Å². The van der Waals surface area contributed by atoms with Crippen molar-refractivity contribution in [3.63, 3.8) is 0 Å². The van der Waals surface area contributed by atoms with E-state index < -0.39 is 0 Å². The number of methoxy groups -OCH3 is 1. The minimum absolute atomic E-state index is 0.147. The highest BCUT2D eigenvalue weighted by Crippen LogP contribution is 2.36. The number of hydrogen-bond donors (Lipinski definition) is 2. The fourth-order valence-electron chi connectivity index (χ4n) is 2.95. The Morgan fingerprint density at radius 1 is 1.04 bits per heavy atom. The van der Waals surface area contributed by atoms with Gasteiger partial charge in [-0.15, -0.1) is 0 Å². The van der Waals surface area contributed by atoms with Gasteiger partial charge in [0, 0.05) is 27.4 Å². The van der Waals surface area contributed by atoms with Crippen molar-refractivity contribution in [2.24, 2.45) is 0 Å². The fourth-order valence-corrected chi connectivity index (χ4v) is 3.28. The molecule has 0 aliphatic carbocycles. The molecule has 0 aliphatic heterocycles. The molecule has 140 valence electrons. The maximum absolute atomic E-state index is 12.3. The molecule has 0 radical (unpaired) electrons. The molecule has 0 fully saturated rings. The minimum atomic E-state index is -0.335. The van der Waals surface area contributed by atoms with E-state index in [0.717, 1.165) is 16.4 Å². The van der Waals surface area contributed by atoms with Crippen LogP contribution in [0.5, 0.6) is 5.75 Å². The van der Waals surface area contributed by atoms with Crippen molar-refractivity contribution in [3.05, 3.63) is 71.2 Å². The topological polar surface area (TPSA) is 63.5 Å². The van der Waals surface area contributed by atoms with Crippen molar-refractivity contribution in [2.75, 3.05) is 12.4 Å². The van der Waals surface area contributed by atoms with Gasteiger partial charge in [0.1, 0.15) is 16.9 Å². The average Bonchev–Trinajstić information content (AvgIpc) is 3.05. The number of hydrogen-bond acceptors (Lipinski definition) is 4. The number of carbonyl (C=O) groups excluding carboxylic acids is 1. The number of halogens is 1. The molecule has 0 spiro atoms. The summed E-state index contributed by atoms with van der Waals surface area (Å²) >= 11 is 11.1. The number of carbonyl (C=O) groups is 1. The number of para-hydroxylation sites is 1. The summed E-state index contributed by atoms with van der Waals surface area (Å²) in [7, 11) is 1.57. The second kappa shape index (κ2) is 7.50. The molecule has 0 unspecified atom stereocenters. The summed E-state index contributed by atoms with van der Waals surface area (Å²) in [6, 6.07) is 18.0. The molecule has 1 heterocycles. The first-order chi connectivity index (χ1) is 13.5. The van der Waals surface area contributed by atoms with Gasteiger partial charge in [-0.3, -0.25) is 10.1 Å². The van der Waals surface area contributed by atoms with Crippen LogP contribution in [0.1, 0.15) is 10.4 Å². The van der Waals surface area contributed by atoms with Crippen LogP contribution >= 0.6 is 23.8 Å². The summed E-state index contributed by atoms with van der Waals surface area (Å²) in [5.41, 5.74) is 2.52. The van der Waals surface area contributed by atoms with Crippen molar-refractivity contribution in [1.29, 1.82) is 0 Å². The summed E-state index contributed by atoms with van der Waals surface area (Å²) in [4.78, 5) is 12.3. The number of benzene rings is 3. The molecule has 0 saturated carbocycles. The van der Waals surface area contributed by atoms with Gasteiger partial charge in [0.15, 0.2) is 5.11 Å². The molecule has 2 N–H and O–H groups in total. The molecular weight excluding hydrogens is 396 g/mol. The van der Waals surface area contributed by atoms with Gasteiger partial charge in [-0.2, -0.15) is 0 Å². The van der Waals surface area contributed by atoms with E-state index in [0.29, 0.717) is 27.6 Å². The Balaban J connectivity index is 1.59. The van der Waals surface area contributed by atoms with Gasteiger partial charge in [0.05, 0.1) is 12.8 Å². The SMILES string of the molecule is COc1cc2c(cc1NC(=S)NC(=O)c1ccc(Cl)cc1)oc1ccccc12. The number of amides is 1. The Bertz CT molecular complexity index is 1200. The van der Waals surface area contributed by atoms with Crippen molar-refractivity contribution < 1.29 is 13.9 Å². The molecule has 3 aromatic carbocycles. The summed E-state index contributed by atoms with van der Waals surface area (Å²) in [6.45, 7) is 0. The lowest BCUT2D eigenvalue weighted by Gasteiger charge is -2.13. The van der Waals surface area contributed by atoms with Crippen molar-refractivity contribution in [1.82, 2.24) is 5.32 Å². The van der Waals surface area contributed by atoms with Gasteiger partial charge in [0.25, 0.3) is 5.91 Å². The number of anilines is 1. The Kier molecular flexibility index (Phi) is 4.90. The molecule has 0 bridgehead atoms. The number of thiocarbonyl (C=S) groups is 1. The third-order valence-corrected chi connectivity index (χ3v) is 4.74. The lowest BCUT2D eigenvalue weighted by molar-refractivity contribution is 0.0977. The smallest absolute Gasteiger partial charge is 0.257 e. The summed E-state index contributed by atoms with van der Waals surface area (Å²) in [6.07, 6.45) is 0.